The van der Waals surface area contributed by atoms with Crippen LogP contribution in [0.3, 0.4) is 0 Å². The molecular formula is C16H36O. The van der Waals surface area contributed by atoms with Crippen molar-refractivity contribution in [1.29, 1.82) is 0 Å². The molecule has 0 bridgehead atoms. The normalized spacial score (nSPS) is 17.3. The van der Waals surface area contributed by atoms with E-state index in [2.05, 4.69) is 13.8 Å². The Balaban J connectivity index is 0. The molecule has 1 fully saturated rings. The average Bonchev–Trinajstić information content (AvgIpc) is 2.42. The van der Waals surface area contributed by atoms with Gasteiger partial charge in [0.25, 0.3) is 0 Å². The van der Waals surface area contributed by atoms with Crippen LogP contribution in [0.25, 0.3) is 0 Å². The number of hydrogen-bond donors (Lipinski definition) is 0. The first kappa shape index (κ1) is 19.3. The second kappa shape index (κ2) is 16.0. The van der Waals surface area contributed by atoms with Crippen LogP contribution in [0.2, 0.25) is 0 Å². The zero-order valence-electron chi connectivity index (χ0n) is 13.2. The van der Waals surface area contributed by atoms with Crippen LogP contribution in [-0.4, -0.2) is 12.2 Å². The van der Waals surface area contributed by atoms with Crippen LogP contribution in [0.5, 0.6) is 0 Å². The molecule has 106 valence electrons. The molecule has 1 unspecified atom stereocenters. The largest absolute Gasteiger partial charge is 0.375 e. The predicted octanol–water partition coefficient (Wildman–Crippen LogP) is 5.97. The van der Waals surface area contributed by atoms with E-state index in [-0.39, 0.29) is 0 Å². The third kappa shape index (κ3) is 12.2. The van der Waals surface area contributed by atoms with E-state index in [1.54, 1.807) is 0 Å². The highest BCUT2D eigenvalue weighted by Gasteiger charge is 2.15. The summed E-state index contributed by atoms with van der Waals surface area (Å²) >= 11 is 0. The van der Waals surface area contributed by atoms with Crippen molar-refractivity contribution in [2.24, 2.45) is 0 Å². The molecule has 1 heteroatoms. The second-order valence-corrected chi connectivity index (χ2v) is 4.35. The van der Waals surface area contributed by atoms with Gasteiger partial charge in [0.2, 0.25) is 0 Å². The predicted molar refractivity (Wildman–Crippen MR) is 79.6 cm³/mol. The average molecular weight is 244 g/mol. The van der Waals surface area contributed by atoms with Crippen LogP contribution in [0.4, 0.5) is 0 Å². The van der Waals surface area contributed by atoms with Gasteiger partial charge in [0.1, 0.15) is 0 Å². The SMILES string of the molecule is CC.CC.CCCCC(C)OC1CCCCC1. The molecule has 0 aromatic heterocycles. The smallest absolute Gasteiger partial charge is 0.0578 e. The van der Waals surface area contributed by atoms with Crippen molar-refractivity contribution in [2.45, 2.75) is 105 Å². The molecule has 0 N–H and O–H groups in total. The molecular weight excluding hydrogens is 208 g/mol. The van der Waals surface area contributed by atoms with E-state index in [0.717, 1.165) is 0 Å². The fourth-order valence-corrected chi connectivity index (χ4v) is 2.09. The molecule has 1 atom stereocenters. The first-order valence-electron chi connectivity index (χ1n) is 7.98. The molecule has 0 heterocycles. The fraction of sp³-hybridized carbons (Fsp3) is 1.00. The molecule has 0 radical (unpaired) electrons. The third-order valence-corrected chi connectivity index (χ3v) is 2.94. The van der Waals surface area contributed by atoms with Gasteiger partial charge in [-0.3, -0.25) is 0 Å². The van der Waals surface area contributed by atoms with Gasteiger partial charge in [-0.1, -0.05) is 66.7 Å². The maximum Gasteiger partial charge on any atom is 0.0578 e. The van der Waals surface area contributed by atoms with Gasteiger partial charge < -0.3 is 4.74 Å². The maximum absolute atomic E-state index is 5.99. The van der Waals surface area contributed by atoms with E-state index in [4.69, 9.17) is 4.74 Å². The van der Waals surface area contributed by atoms with E-state index >= 15 is 0 Å². The molecule has 0 spiro atoms. The highest BCUT2D eigenvalue weighted by atomic mass is 16.5. The molecule has 0 amide bonds. The molecule has 1 aliphatic carbocycles. The van der Waals surface area contributed by atoms with Crippen LogP contribution in [0.1, 0.15) is 92.9 Å². The highest BCUT2D eigenvalue weighted by Crippen LogP contribution is 2.22. The van der Waals surface area contributed by atoms with E-state index in [0.29, 0.717) is 12.2 Å². The number of ether oxygens (including phenoxy) is 1. The lowest BCUT2D eigenvalue weighted by Crippen LogP contribution is -2.22. The monoisotopic (exact) mass is 244 g/mol. The second-order valence-electron chi connectivity index (χ2n) is 4.35. The van der Waals surface area contributed by atoms with Crippen LogP contribution in [0, 0.1) is 0 Å². The molecule has 17 heavy (non-hydrogen) atoms. The maximum atomic E-state index is 5.99. The number of rotatable bonds is 5. The van der Waals surface area contributed by atoms with Gasteiger partial charge in [-0.15, -0.1) is 0 Å². The minimum Gasteiger partial charge on any atom is -0.375 e. The number of hydrogen-bond acceptors (Lipinski definition) is 1. The Morgan fingerprint density at radius 2 is 1.53 bits per heavy atom. The molecule has 1 nitrogen and oxygen atoms in total. The van der Waals surface area contributed by atoms with Gasteiger partial charge in [0, 0.05) is 0 Å². The van der Waals surface area contributed by atoms with E-state index in [1.807, 2.05) is 27.7 Å². The summed E-state index contributed by atoms with van der Waals surface area (Å²) in [5.74, 6) is 0. The van der Waals surface area contributed by atoms with Crippen molar-refractivity contribution in [3.63, 3.8) is 0 Å². The summed E-state index contributed by atoms with van der Waals surface area (Å²) in [6.07, 6.45) is 11.7. The van der Waals surface area contributed by atoms with Gasteiger partial charge in [0.05, 0.1) is 12.2 Å². The summed E-state index contributed by atoms with van der Waals surface area (Å²) in [5.41, 5.74) is 0. The molecule has 0 aromatic carbocycles. The summed E-state index contributed by atoms with van der Waals surface area (Å²) in [7, 11) is 0. The van der Waals surface area contributed by atoms with Gasteiger partial charge in [-0.05, 0) is 26.2 Å². The lowest BCUT2D eigenvalue weighted by atomic mass is 9.97. The van der Waals surface area contributed by atoms with E-state index in [1.165, 1.54) is 51.4 Å². The summed E-state index contributed by atoms with van der Waals surface area (Å²) in [6.45, 7) is 12.5. The molecule has 1 rings (SSSR count). The van der Waals surface area contributed by atoms with Crippen LogP contribution < -0.4 is 0 Å². The Hall–Kier alpha value is -0.0400. The standard InChI is InChI=1S/C12H24O.2C2H6/c1-3-4-8-11(2)13-12-9-6-5-7-10-12;2*1-2/h11-12H,3-10H2,1-2H3;2*1-2H3. The zero-order valence-corrected chi connectivity index (χ0v) is 13.2. The summed E-state index contributed by atoms with van der Waals surface area (Å²) in [4.78, 5) is 0. The van der Waals surface area contributed by atoms with Crippen molar-refractivity contribution in [3.8, 4) is 0 Å². The van der Waals surface area contributed by atoms with Gasteiger partial charge in [-0.25, -0.2) is 0 Å². The van der Waals surface area contributed by atoms with Gasteiger partial charge in [0.15, 0.2) is 0 Å². The zero-order chi connectivity index (χ0) is 13.5. The van der Waals surface area contributed by atoms with E-state index in [9.17, 15) is 0 Å². The minimum atomic E-state index is 0.489. The molecule has 0 aromatic rings. The van der Waals surface area contributed by atoms with Crippen molar-refractivity contribution in [3.05, 3.63) is 0 Å². The molecule has 1 aliphatic rings. The van der Waals surface area contributed by atoms with E-state index < -0.39 is 0 Å². The molecule has 1 saturated carbocycles. The highest BCUT2D eigenvalue weighted by molar-refractivity contribution is 4.66. The Morgan fingerprint density at radius 3 is 2.00 bits per heavy atom. The lowest BCUT2D eigenvalue weighted by Gasteiger charge is -2.25. The summed E-state index contributed by atoms with van der Waals surface area (Å²) in [5, 5.41) is 0. The van der Waals surface area contributed by atoms with Crippen LogP contribution in [-0.2, 0) is 4.74 Å². The minimum absolute atomic E-state index is 0.489. The van der Waals surface area contributed by atoms with Gasteiger partial charge >= 0.3 is 0 Å². The first-order chi connectivity index (χ1) is 8.33. The Labute approximate surface area is 110 Å². The summed E-state index contributed by atoms with van der Waals surface area (Å²) < 4.78 is 5.99. The fourth-order valence-electron chi connectivity index (χ4n) is 2.09. The quantitative estimate of drug-likeness (QED) is 0.579. The van der Waals surface area contributed by atoms with Crippen LogP contribution in [0.15, 0.2) is 0 Å². The Kier molecular flexibility index (Phi) is 18.1. The van der Waals surface area contributed by atoms with Crippen molar-refractivity contribution in [1.82, 2.24) is 0 Å². The molecule has 0 aliphatic heterocycles. The van der Waals surface area contributed by atoms with Crippen molar-refractivity contribution >= 4 is 0 Å². The first-order valence-corrected chi connectivity index (χ1v) is 7.98. The lowest BCUT2D eigenvalue weighted by molar-refractivity contribution is -0.0249. The Bertz CT molecular complexity index is 117. The number of unbranched alkanes of at least 4 members (excludes halogenated alkanes) is 1. The Morgan fingerprint density at radius 1 is 1.00 bits per heavy atom. The van der Waals surface area contributed by atoms with Gasteiger partial charge in [-0.2, -0.15) is 0 Å². The third-order valence-electron chi connectivity index (χ3n) is 2.94. The molecule has 0 saturated heterocycles. The summed E-state index contributed by atoms with van der Waals surface area (Å²) in [6, 6.07) is 0. The van der Waals surface area contributed by atoms with Crippen LogP contribution >= 0.6 is 0 Å². The topological polar surface area (TPSA) is 9.23 Å². The van der Waals surface area contributed by atoms with Crippen molar-refractivity contribution in [2.75, 3.05) is 0 Å². The van der Waals surface area contributed by atoms with Crippen molar-refractivity contribution < 1.29 is 4.74 Å².